The summed E-state index contributed by atoms with van der Waals surface area (Å²) in [7, 11) is 0. The molecule has 0 saturated carbocycles. The third-order valence-electron chi connectivity index (χ3n) is 4.48. The topological polar surface area (TPSA) is 26.3 Å². The van der Waals surface area contributed by atoms with Crippen LogP contribution in [0.5, 0.6) is 5.75 Å². The molecule has 0 bridgehead atoms. The second-order valence-electron chi connectivity index (χ2n) is 6.17. The molecule has 4 aromatic rings. The highest BCUT2D eigenvalue weighted by molar-refractivity contribution is 6.01. The van der Waals surface area contributed by atoms with Crippen LogP contribution in [0, 0.1) is 0 Å². The molecule has 0 aliphatic rings. The summed E-state index contributed by atoms with van der Waals surface area (Å²) in [5.74, 6) is 0.694. The molecule has 0 amide bonds. The van der Waals surface area contributed by atoms with Gasteiger partial charge in [-0.25, -0.2) is 0 Å². The van der Waals surface area contributed by atoms with Crippen LogP contribution in [0.2, 0.25) is 0 Å². The van der Waals surface area contributed by atoms with Gasteiger partial charge in [0.25, 0.3) is 0 Å². The van der Waals surface area contributed by atoms with Gasteiger partial charge in [0.05, 0.1) is 0 Å². The first-order chi connectivity index (χ1) is 12.8. The quantitative estimate of drug-likeness (QED) is 0.424. The van der Waals surface area contributed by atoms with E-state index in [1.165, 1.54) is 0 Å². The number of fused-ring (bicyclic) bond motifs is 1. The van der Waals surface area contributed by atoms with E-state index in [-0.39, 0.29) is 0 Å². The summed E-state index contributed by atoms with van der Waals surface area (Å²) in [5.41, 5.74) is 3.70. The van der Waals surface area contributed by atoms with Crippen LogP contribution in [0.1, 0.15) is 15.9 Å². The maximum absolute atomic E-state index is 11.7. The van der Waals surface area contributed by atoms with E-state index in [9.17, 15) is 4.79 Å². The number of carbonyl (C=O) groups is 1. The highest BCUT2D eigenvalue weighted by Gasteiger charge is 2.10. The molecule has 0 unspecified atom stereocenters. The van der Waals surface area contributed by atoms with E-state index in [2.05, 4.69) is 24.3 Å². The largest absolute Gasteiger partial charge is 0.489 e. The molecule has 0 atom stereocenters. The average molecular weight is 338 g/mol. The smallest absolute Gasteiger partial charge is 0.150 e. The fraction of sp³-hybridized carbons (Fsp3) is 0.0417. The molecule has 4 rings (SSSR count). The van der Waals surface area contributed by atoms with Crippen molar-refractivity contribution in [2.75, 3.05) is 0 Å². The lowest BCUT2D eigenvalue weighted by Gasteiger charge is -2.12. The van der Waals surface area contributed by atoms with Crippen molar-refractivity contribution < 1.29 is 9.53 Å². The van der Waals surface area contributed by atoms with Crippen molar-refractivity contribution in [1.82, 2.24) is 0 Å². The van der Waals surface area contributed by atoms with Crippen LogP contribution in [-0.2, 0) is 6.61 Å². The Morgan fingerprint density at radius 2 is 1.50 bits per heavy atom. The predicted octanol–water partition coefficient (Wildman–Crippen LogP) is 5.90. The van der Waals surface area contributed by atoms with E-state index in [0.717, 1.165) is 33.7 Å². The molecule has 0 spiro atoms. The predicted molar refractivity (Wildman–Crippen MR) is 106 cm³/mol. The van der Waals surface area contributed by atoms with E-state index >= 15 is 0 Å². The Hall–Kier alpha value is -3.39. The minimum atomic E-state index is 0.479. The van der Waals surface area contributed by atoms with Gasteiger partial charge in [-0.3, -0.25) is 4.79 Å². The molecule has 0 aliphatic carbocycles. The molecule has 0 aromatic heterocycles. The van der Waals surface area contributed by atoms with Gasteiger partial charge in [-0.05, 0) is 45.7 Å². The monoisotopic (exact) mass is 338 g/mol. The zero-order chi connectivity index (χ0) is 17.8. The van der Waals surface area contributed by atoms with Crippen molar-refractivity contribution in [1.29, 1.82) is 0 Å². The van der Waals surface area contributed by atoms with E-state index in [4.69, 9.17) is 4.74 Å². The van der Waals surface area contributed by atoms with Crippen LogP contribution < -0.4 is 4.74 Å². The minimum absolute atomic E-state index is 0.479. The Balaban J connectivity index is 1.68. The third-order valence-corrected chi connectivity index (χ3v) is 4.48. The molecular weight excluding hydrogens is 320 g/mol. The molecule has 0 heterocycles. The van der Waals surface area contributed by atoms with Gasteiger partial charge in [0.15, 0.2) is 6.29 Å². The van der Waals surface area contributed by atoms with Gasteiger partial charge in [0.2, 0.25) is 0 Å². The second kappa shape index (κ2) is 7.24. The highest BCUT2D eigenvalue weighted by atomic mass is 16.5. The van der Waals surface area contributed by atoms with E-state index < -0.39 is 0 Å². The minimum Gasteiger partial charge on any atom is -0.489 e. The number of aldehydes is 1. The molecule has 0 N–H and O–H groups in total. The zero-order valence-electron chi connectivity index (χ0n) is 14.3. The van der Waals surface area contributed by atoms with Gasteiger partial charge in [-0.1, -0.05) is 72.8 Å². The van der Waals surface area contributed by atoms with Gasteiger partial charge in [-0.2, -0.15) is 0 Å². The van der Waals surface area contributed by atoms with Crippen LogP contribution in [-0.4, -0.2) is 6.29 Å². The summed E-state index contributed by atoms with van der Waals surface area (Å²) in [6.45, 7) is 0.479. The summed E-state index contributed by atoms with van der Waals surface area (Å²) in [4.78, 5) is 11.7. The summed E-state index contributed by atoms with van der Waals surface area (Å²) in [6, 6.07) is 30.0. The summed E-state index contributed by atoms with van der Waals surface area (Å²) >= 11 is 0. The average Bonchev–Trinajstić information content (AvgIpc) is 2.72. The summed E-state index contributed by atoms with van der Waals surface area (Å²) in [6.07, 6.45) is 0.895. The third kappa shape index (κ3) is 3.22. The van der Waals surface area contributed by atoms with Crippen LogP contribution in [0.25, 0.3) is 21.9 Å². The first kappa shape index (κ1) is 16.1. The first-order valence-electron chi connectivity index (χ1n) is 8.59. The molecule has 2 nitrogen and oxygen atoms in total. The number of rotatable bonds is 5. The van der Waals surface area contributed by atoms with Gasteiger partial charge < -0.3 is 4.74 Å². The summed E-state index contributed by atoms with van der Waals surface area (Å²) in [5, 5.41) is 2.29. The second-order valence-corrected chi connectivity index (χ2v) is 6.17. The lowest BCUT2D eigenvalue weighted by atomic mass is 9.95. The normalized spacial score (nSPS) is 10.6. The SMILES string of the molecule is O=Cc1cc(OCc2ccccc2)ccc1-c1cccc2ccccc12. The van der Waals surface area contributed by atoms with Gasteiger partial charge >= 0.3 is 0 Å². The number of hydrogen-bond donors (Lipinski definition) is 0. The van der Waals surface area contributed by atoms with Crippen molar-refractivity contribution in [3.8, 4) is 16.9 Å². The van der Waals surface area contributed by atoms with E-state index in [1.807, 2.05) is 66.7 Å². The zero-order valence-corrected chi connectivity index (χ0v) is 14.3. The molecule has 0 radical (unpaired) electrons. The Morgan fingerprint density at radius 1 is 0.731 bits per heavy atom. The highest BCUT2D eigenvalue weighted by Crippen LogP contribution is 2.32. The molecule has 26 heavy (non-hydrogen) atoms. The molecule has 0 fully saturated rings. The van der Waals surface area contributed by atoms with Gasteiger partial charge in [0.1, 0.15) is 12.4 Å². The fourth-order valence-electron chi connectivity index (χ4n) is 3.17. The Morgan fingerprint density at radius 3 is 2.35 bits per heavy atom. The maximum Gasteiger partial charge on any atom is 0.150 e. The Kier molecular flexibility index (Phi) is 4.48. The lowest BCUT2D eigenvalue weighted by molar-refractivity contribution is 0.112. The van der Waals surface area contributed by atoms with Gasteiger partial charge in [0, 0.05) is 5.56 Å². The Labute approximate surface area is 152 Å². The van der Waals surface area contributed by atoms with Gasteiger partial charge in [-0.15, -0.1) is 0 Å². The molecule has 126 valence electrons. The van der Waals surface area contributed by atoms with Crippen LogP contribution >= 0.6 is 0 Å². The first-order valence-corrected chi connectivity index (χ1v) is 8.59. The standard InChI is InChI=1S/C24H18O2/c25-16-20-15-21(26-17-18-7-2-1-3-8-18)13-14-23(20)24-12-6-10-19-9-4-5-11-22(19)24/h1-16H,17H2. The van der Waals surface area contributed by atoms with Crippen molar-refractivity contribution in [3.63, 3.8) is 0 Å². The van der Waals surface area contributed by atoms with E-state index in [1.54, 1.807) is 0 Å². The molecule has 0 aliphatic heterocycles. The van der Waals surface area contributed by atoms with Crippen LogP contribution in [0.3, 0.4) is 0 Å². The Bertz CT molecular complexity index is 1050. The molecule has 4 aromatic carbocycles. The number of hydrogen-bond acceptors (Lipinski definition) is 2. The maximum atomic E-state index is 11.7. The van der Waals surface area contributed by atoms with Crippen molar-refractivity contribution in [3.05, 3.63) is 102 Å². The number of carbonyl (C=O) groups excluding carboxylic acids is 1. The van der Waals surface area contributed by atoms with Crippen molar-refractivity contribution in [2.45, 2.75) is 6.61 Å². The van der Waals surface area contributed by atoms with Crippen LogP contribution in [0.15, 0.2) is 91.0 Å². The lowest BCUT2D eigenvalue weighted by Crippen LogP contribution is -1.97. The van der Waals surface area contributed by atoms with Crippen molar-refractivity contribution >= 4 is 17.1 Å². The fourth-order valence-corrected chi connectivity index (χ4v) is 3.17. The number of benzene rings is 4. The number of ether oxygens (including phenoxy) is 1. The molecule has 0 saturated heterocycles. The summed E-state index contributed by atoms with van der Waals surface area (Å²) < 4.78 is 5.85. The van der Waals surface area contributed by atoms with Crippen LogP contribution in [0.4, 0.5) is 0 Å². The van der Waals surface area contributed by atoms with E-state index in [0.29, 0.717) is 17.9 Å². The molecular formula is C24H18O2. The molecule has 2 heteroatoms. The van der Waals surface area contributed by atoms with Crippen molar-refractivity contribution in [2.24, 2.45) is 0 Å².